The van der Waals surface area contributed by atoms with Crippen molar-refractivity contribution in [3.8, 4) is 11.5 Å². The second-order valence-corrected chi connectivity index (χ2v) is 3.88. The number of hydrogen-bond donors (Lipinski definition) is 2. The number of aromatic amines is 1. The fraction of sp³-hybridized carbons (Fsp3) is 0. The highest BCUT2D eigenvalue weighted by molar-refractivity contribution is 5.89. The summed E-state index contributed by atoms with van der Waals surface area (Å²) in [4.78, 5) is 0. The Bertz CT molecular complexity index is 708. The molecule has 90 valence electrons. The maximum absolute atomic E-state index is 13.0. The lowest BCUT2D eigenvalue weighted by Gasteiger charge is -2.05. The summed E-state index contributed by atoms with van der Waals surface area (Å²) in [5.74, 6) is 1.10. The Morgan fingerprint density at radius 2 is 1.94 bits per heavy atom. The summed E-state index contributed by atoms with van der Waals surface area (Å²) in [6.07, 6.45) is 0. The van der Waals surface area contributed by atoms with Crippen LogP contribution in [0.2, 0.25) is 0 Å². The van der Waals surface area contributed by atoms with E-state index in [1.54, 1.807) is 24.3 Å². The van der Waals surface area contributed by atoms with Gasteiger partial charge in [-0.1, -0.05) is 6.07 Å². The minimum atomic E-state index is -0.337. The lowest BCUT2D eigenvalue weighted by atomic mass is 10.2. The van der Waals surface area contributed by atoms with Gasteiger partial charge in [-0.15, -0.1) is 0 Å². The summed E-state index contributed by atoms with van der Waals surface area (Å²) >= 11 is 0. The number of benzene rings is 2. The lowest BCUT2D eigenvalue weighted by molar-refractivity contribution is 0.477. The van der Waals surface area contributed by atoms with Crippen molar-refractivity contribution >= 4 is 16.7 Å². The Hall–Kier alpha value is -2.56. The topological polar surface area (TPSA) is 63.9 Å². The molecule has 2 aromatic carbocycles. The van der Waals surface area contributed by atoms with Gasteiger partial charge in [-0.2, -0.15) is 5.10 Å². The van der Waals surface area contributed by atoms with Crippen molar-refractivity contribution in [1.29, 1.82) is 0 Å². The van der Waals surface area contributed by atoms with E-state index in [9.17, 15) is 4.39 Å². The van der Waals surface area contributed by atoms with E-state index in [1.807, 2.05) is 6.07 Å². The standard InChI is InChI=1S/C13H10FN3O/c14-8-2-1-3-9(6-8)18-10-4-5-12-11(7-10)13(15)17-16-12/h1-7H,(H3,15,16,17). The molecule has 0 unspecified atom stereocenters. The van der Waals surface area contributed by atoms with Gasteiger partial charge in [0, 0.05) is 11.5 Å². The molecule has 0 spiro atoms. The van der Waals surface area contributed by atoms with Crippen LogP contribution in [0.15, 0.2) is 42.5 Å². The normalized spacial score (nSPS) is 10.7. The molecule has 0 radical (unpaired) electrons. The number of ether oxygens (including phenoxy) is 1. The van der Waals surface area contributed by atoms with Crippen LogP contribution in [0.25, 0.3) is 10.9 Å². The summed E-state index contributed by atoms with van der Waals surface area (Å²) in [6, 6.07) is 11.3. The molecule has 1 aromatic heterocycles. The van der Waals surface area contributed by atoms with Gasteiger partial charge in [0.25, 0.3) is 0 Å². The minimum Gasteiger partial charge on any atom is -0.457 e. The van der Waals surface area contributed by atoms with Crippen molar-refractivity contribution in [1.82, 2.24) is 10.2 Å². The summed E-state index contributed by atoms with van der Waals surface area (Å²) in [6.45, 7) is 0. The van der Waals surface area contributed by atoms with Crippen LogP contribution in [-0.2, 0) is 0 Å². The van der Waals surface area contributed by atoms with Crippen LogP contribution in [-0.4, -0.2) is 10.2 Å². The van der Waals surface area contributed by atoms with Crippen LogP contribution in [0.3, 0.4) is 0 Å². The van der Waals surface area contributed by atoms with Crippen LogP contribution in [0, 0.1) is 5.82 Å². The quantitative estimate of drug-likeness (QED) is 0.727. The van der Waals surface area contributed by atoms with Gasteiger partial charge < -0.3 is 10.5 Å². The van der Waals surface area contributed by atoms with Crippen molar-refractivity contribution in [2.75, 3.05) is 5.73 Å². The summed E-state index contributed by atoms with van der Waals surface area (Å²) in [7, 11) is 0. The van der Waals surface area contributed by atoms with E-state index in [2.05, 4.69) is 10.2 Å². The molecule has 4 nitrogen and oxygen atoms in total. The highest BCUT2D eigenvalue weighted by atomic mass is 19.1. The number of fused-ring (bicyclic) bond motifs is 1. The molecule has 5 heteroatoms. The molecule has 0 atom stereocenters. The van der Waals surface area contributed by atoms with E-state index in [0.717, 1.165) is 10.9 Å². The van der Waals surface area contributed by atoms with Crippen molar-refractivity contribution in [2.45, 2.75) is 0 Å². The zero-order chi connectivity index (χ0) is 12.5. The molecule has 3 aromatic rings. The molecule has 0 saturated carbocycles. The number of aromatic nitrogens is 2. The van der Waals surface area contributed by atoms with Gasteiger partial charge in [-0.05, 0) is 30.3 Å². The molecular weight excluding hydrogens is 233 g/mol. The van der Waals surface area contributed by atoms with Crippen molar-refractivity contribution in [3.63, 3.8) is 0 Å². The van der Waals surface area contributed by atoms with Crippen molar-refractivity contribution in [3.05, 3.63) is 48.3 Å². The Kier molecular flexibility index (Phi) is 2.37. The SMILES string of the molecule is Nc1n[nH]c2ccc(Oc3cccc(F)c3)cc12. The smallest absolute Gasteiger partial charge is 0.153 e. The number of halogens is 1. The molecule has 0 saturated heterocycles. The molecule has 0 fully saturated rings. The average molecular weight is 243 g/mol. The molecule has 18 heavy (non-hydrogen) atoms. The monoisotopic (exact) mass is 243 g/mol. The third-order valence-corrected chi connectivity index (χ3v) is 2.60. The molecule has 0 bridgehead atoms. The number of rotatable bonds is 2. The van der Waals surface area contributed by atoms with E-state index in [0.29, 0.717) is 17.3 Å². The molecule has 3 N–H and O–H groups in total. The van der Waals surface area contributed by atoms with Crippen molar-refractivity contribution < 1.29 is 9.13 Å². The maximum atomic E-state index is 13.0. The van der Waals surface area contributed by atoms with Crippen LogP contribution in [0.4, 0.5) is 10.2 Å². The van der Waals surface area contributed by atoms with Gasteiger partial charge in [0.2, 0.25) is 0 Å². The summed E-state index contributed by atoms with van der Waals surface area (Å²) in [5.41, 5.74) is 6.54. The second-order valence-electron chi connectivity index (χ2n) is 3.88. The molecule has 0 aliphatic heterocycles. The van der Waals surface area contributed by atoms with Crippen molar-refractivity contribution in [2.24, 2.45) is 0 Å². The first-order chi connectivity index (χ1) is 8.72. The molecular formula is C13H10FN3O. The predicted octanol–water partition coefficient (Wildman–Crippen LogP) is 3.08. The molecule has 0 aliphatic rings. The van der Waals surface area contributed by atoms with Crippen LogP contribution in [0.5, 0.6) is 11.5 Å². The van der Waals surface area contributed by atoms with Gasteiger partial charge in [0.1, 0.15) is 17.3 Å². The van der Waals surface area contributed by atoms with E-state index >= 15 is 0 Å². The molecule has 0 aliphatic carbocycles. The minimum absolute atomic E-state index is 0.337. The highest BCUT2D eigenvalue weighted by Gasteiger charge is 2.05. The largest absolute Gasteiger partial charge is 0.457 e. The fourth-order valence-corrected chi connectivity index (χ4v) is 1.74. The number of nitrogens with one attached hydrogen (secondary N) is 1. The summed E-state index contributed by atoms with van der Waals surface area (Å²) in [5, 5.41) is 7.47. The molecule has 1 heterocycles. The van der Waals surface area contributed by atoms with Gasteiger partial charge in [-0.25, -0.2) is 4.39 Å². The zero-order valence-corrected chi connectivity index (χ0v) is 9.35. The highest BCUT2D eigenvalue weighted by Crippen LogP contribution is 2.27. The van der Waals surface area contributed by atoms with E-state index in [4.69, 9.17) is 10.5 Å². The Labute approximate surface area is 102 Å². The number of anilines is 1. The van der Waals surface area contributed by atoms with Crippen LogP contribution in [0.1, 0.15) is 0 Å². The predicted molar refractivity (Wildman–Crippen MR) is 67.0 cm³/mol. The van der Waals surface area contributed by atoms with Crippen LogP contribution < -0.4 is 10.5 Å². The third kappa shape index (κ3) is 1.86. The average Bonchev–Trinajstić information content (AvgIpc) is 2.71. The lowest BCUT2D eigenvalue weighted by Crippen LogP contribution is -1.86. The van der Waals surface area contributed by atoms with E-state index < -0.39 is 0 Å². The first-order valence-electron chi connectivity index (χ1n) is 5.39. The first-order valence-corrected chi connectivity index (χ1v) is 5.39. The second kappa shape index (κ2) is 4.03. The maximum Gasteiger partial charge on any atom is 0.153 e. The Morgan fingerprint density at radius 3 is 2.78 bits per heavy atom. The number of H-pyrrole nitrogens is 1. The van der Waals surface area contributed by atoms with E-state index in [1.165, 1.54) is 12.1 Å². The first kappa shape index (κ1) is 10.6. The van der Waals surface area contributed by atoms with E-state index in [-0.39, 0.29) is 5.82 Å². The third-order valence-electron chi connectivity index (χ3n) is 2.60. The van der Waals surface area contributed by atoms with Gasteiger partial charge in [0.05, 0.1) is 5.52 Å². The molecule has 0 amide bonds. The number of nitrogens with two attached hydrogens (primary N) is 1. The van der Waals surface area contributed by atoms with Gasteiger partial charge in [0.15, 0.2) is 5.82 Å². The number of nitrogen functional groups attached to an aromatic ring is 1. The summed E-state index contributed by atoms with van der Waals surface area (Å²) < 4.78 is 18.6. The Balaban J connectivity index is 1.97. The van der Waals surface area contributed by atoms with Gasteiger partial charge >= 0.3 is 0 Å². The molecule has 3 rings (SSSR count). The van der Waals surface area contributed by atoms with Crippen LogP contribution >= 0.6 is 0 Å². The number of nitrogens with zero attached hydrogens (tertiary/aromatic N) is 1. The van der Waals surface area contributed by atoms with Gasteiger partial charge in [-0.3, -0.25) is 5.10 Å². The number of hydrogen-bond acceptors (Lipinski definition) is 3. The Morgan fingerprint density at radius 1 is 1.11 bits per heavy atom. The zero-order valence-electron chi connectivity index (χ0n) is 9.35. The fourth-order valence-electron chi connectivity index (χ4n) is 1.74.